The van der Waals surface area contributed by atoms with Crippen molar-refractivity contribution in [2.75, 3.05) is 14.2 Å². The smallest absolute Gasteiger partial charge is 0.311 e. The zero-order valence-corrected chi connectivity index (χ0v) is 13.7. The zero-order valence-electron chi connectivity index (χ0n) is 13.7. The molecule has 0 fully saturated rings. The summed E-state index contributed by atoms with van der Waals surface area (Å²) in [5.74, 6) is -0.0424. The molecular weight excluding hydrogens is 292 g/mol. The Morgan fingerprint density at radius 2 is 1.35 bits per heavy atom. The van der Waals surface area contributed by atoms with E-state index < -0.39 is 11.9 Å². The highest BCUT2D eigenvalue weighted by Crippen LogP contribution is 2.37. The van der Waals surface area contributed by atoms with Gasteiger partial charge in [-0.25, -0.2) is 0 Å². The molecule has 0 aliphatic heterocycles. The Morgan fingerprint density at radius 3 is 1.70 bits per heavy atom. The molecule has 2 atom stereocenters. The summed E-state index contributed by atoms with van der Waals surface area (Å²) >= 11 is 0. The molecule has 4 heteroatoms. The molecule has 0 aliphatic carbocycles. The molecule has 0 amide bonds. The van der Waals surface area contributed by atoms with Crippen LogP contribution in [-0.2, 0) is 4.79 Å². The van der Waals surface area contributed by atoms with Gasteiger partial charge in [0.2, 0.25) is 0 Å². The van der Waals surface area contributed by atoms with Crippen molar-refractivity contribution < 1.29 is 19.4 Å². The molecular formula is C19H22O4. The molecule has 2 aromatic rings. The van der Waals surface area contributed by atoms with Crippen LogP contribution >= 0.6 is 0 Å². The Kier molecular flexibility index (Phi) is 5.63. The minimum atomic E-state index is -0.821. The number of benzene rings is 2. The van der Waals surface area contributed by atoms with Crippen molar-refractivity contribution in [3.63, 3.8) is 0 Å². The highest BCUT2D eigenvalue weighted by molar-refractivity contribution is 5.77. The van der Waals surface area contributed by atoms with E-state index in [2.05, 4.69) is 0 Å². The molecule has 2 aromatic carbocycles. The molecule has 0 aliphatic rings. The highest BCUT2D eigenvalue weighted by atomic mass is 16.5. The summed E-state index contributed by atoms with van der Waals surface area (Å²) in [5.41, 5.74) is 1.78. The van der Waals surface area contributed by atoms with E-state index in [9.17, 15) is 9.90 Å². The Bertz CT molecular complexity index is 631. The van der Waals surface area contributed by atoms with Crippen molar-refractivity contribution in [1.82, 2.24) is 0 Å². The molecule has 2 rings (SSSR count). The topological polar surface area (TPSA) is 55.8 Å². The number of carbonyl (C=O) groups is 1. The second kappa shape index (κ2) is 7.68. The van der Waals surface area contributed by atoms with Crippen LogP contribution in [0.5, 0.6) is 11.5 Å². The SMILES string of the molecule is CC[C@H](c1ccc(OC)cc1)[C@@H](C(=O)O)c1ccc(OC)cc1. The molecule has 0 radical (unpaired) electrons. The molecule has 0 unspecified atom stereocenters. The van der Waals surface area contributed by atoms with Crippen LogP contribution in [0.15, 0.2) is 48.5 Å². The molecule has 0 spiro atoms. The fourth-order valence-electron chi connectivity index (χ4n) is 2.87. The highest BCUT2D eigenvalue weighted by Gasteiger charge is 2.29. The van der Waals surface area contributed by atoms with Crippen LogP contribution in [0.1, 0.15) is 36.3 Å². The van der Waals surface area contributed by atoms with Gasteiger partial charge in [0, 0.05) is 5.92 Å². The van der Waals surface area contributed by atoms with E-state index in [1.54, 1.807) is 26.4 Å². The maximum atomic E-state index is 11.9. The van der Waals surface area contributed by atoms with Crippen molar-refractivity contribution in [3.8, 4) is 11.5 Å². The number of hydrogen-bond donors (Lipinski definition) is 1. The van der Waals surface area contributed by atoms with E-state index >= 15 is 0 Å². The van der Waals surface area contributed by atoms with Crippen LogP contribution in [0, 0.1) is 0 Å². The van der Waals surface area contributed by atoms with Gasteiger partial charge in [-0.3, -0.25) is 4.79 Å². The lowest BCUT2D eigenvalue weighted by atomic mass is 9.80. The first-order chi connectivity index (χ1) is 11.1. The minimum Gasteiger partial charge on any atom is -0.497 e. The van der Waals surface area contributed by atoms with Crippen LogP contribution in [-0.4, -0.2) is 25.3 Å². The monoisotopic (exact) mass is 314 g/mol. The van der Waals surface area contributed by atoms with Gasteiger partial charge < -0.3 is 14.6 Å². The van der Waals surface area contributed by atoms with Gasteiger partial charge in [0.25, 0.3) is 0 Å². The number of aliphatic carboxylic acids is 1. The van der Waals surface area contributed by atoms with Crippen LogP contribution < -0.4 is 9.47 Å². The predicted molar refractivity (Wildman–Crippen MR) is 89.4 cm³/mol. The summed E-state index contributed by atoms with van der Waals surface area (Å²) in [5, 5.41) is 9.76. The molecule has 0 saturated heterocycles. The lowest BCUT2D eigenvalue weighted by molar-refractivity contribution is -0.139. The molecule has 23 heavy (non-hydrogen) atoms. The number of methoxy groups -OCH3 is 2. The number of hydrogen-bond acceptors (Lipinski definition) is 3. The van der Waals surface area contributed by atoms with E-state index in [4.69, 9.17) is 9.47 Å². The van der Waals surface area contributed by atoms with Gasteiger partial charge in [-0.15, -0.1) is 0 Å². The summed E-state index contributed by atoms with van der Waals surface area (Å²) in [7, 11) is 3.21. The van der Waals surface area contributed by atoms with Gasteiger partial charge in [0.15, 0.2) is 0 Å². The first-order valence-electron chi connectivity index (χ1n) is 7.61. The first-order valence-corrected chi connectivity index (χ1v) is 7.61. The quantitative estimate of drug-likeness (QED) is 0.837. The third kappa shape index (κ3) is 3.83. The lowest BCUT2D eigenvalue weighted by Crippen LogP contribution is -2.20. The Hall–Kier alpha value is -2.49. The van der Waals surface area contributed by atoms with E-state index in [-0.39, 0.29) is 5.92 Å². The predicted octanol–water partition coefficient (Wildman–Crippen LogP) is 4.07. The summed E-state index contributed by atoms with van der Waals surface area (Å²) in [6, 6.07) is 14.8. The average molecular weight is 314 g/mol. The summed E-state index contributed by atoms with van der Waals surface area (Å²) in [4.78, 5) is 11.9. The molecule has 0 bridgehead atoms. The Morgan fingerprint density at radius 1 is 0.913 bits per heavy atom. The van der Waals surface area contributed by atoms with Crippen molar-refractivity contribution in [2.45, 2.75) is 25.2 Å². The van der Waals surface area contributed by atoms with Crippen molar-refractivity contribution in [2.24, 2.45) is 0 Å². The lowest BCUT2D eigenvalue weighted by Gasteiger charge is -2.24. The van der Waals surface area contributed by atoms with Crippen LogP contribution in [0.25, 0.3) is 0 Å². The first kappa shape index (κ1) is 16.9. The normalized spacial score (nSPS) is 13.2. The Labute approximate surface area is 136 Å². The third-order valence-electron chi connectivity index (χ3n) is 4.13. The zero-order chi connectivity index (χ0) is 16.8. The molecule has 0 saturated carbocycles. The third-order valence-corrected chi connectivity index (χ3v) is 4.13. The number of carboxylic acids is 1. The molecule has 4 nitrogen and oxygen atoms in total. The summed E-state index contributed by atoms with van der Waals surface area (Å²) in [6.07, 6.45) is 0.731. The van der Waals surface area contributed by atoms with E-state index in [0.717, 1.165) is 29.0 Å². The maximum absolute atomic E-state index is 11.9. The van der Waals surface area contributed by atoms with Crippen molar-refractivity contribution >= 4 is 5.97 Å². The average Bonchev–Trinajstić information content (AvgIpc) is 2.59. The number of ether oxygens (including phenoxy) is 2. The van der Waals surface area contributed by atoms with Gasteiger partial charge >= 0.3 is 5.97 Å². The van der Waals surface area contributed by atoms with Crippen LogP contribution in [0.2, 0.25) is 0 Å². The largest absolute Gasteiger partial charge is 0.497 e. The molecule has 0 heterocycles. The fourth-order valence-corrected chi connectivity index (χ4v) is 2.87. The fraction of sp³-hybridized carbons (Fsp3) is 0.316. The van der Waals surface area contributed by atoms with Crippen molar-refractivity contribution in [3.05, 3.63) is 59.7 Å². The second-order valence-electron chi connectivity index (χ2n) is 5.38. The molecule has 1 N–H and O–H groups in total. The Balaban J connectivity index is 2.37. The maximum Gasteiger partial charge on any atom is 0.311 e. The number of carboxylic acid groups (broad SMARTS) is 1. The van der Waals surface area contributed by atoms with Crippen molar-refractivity contribution in [1.29, 1.82) is 0 Å². The van der Waals surface area contributed by atoms with E-state index in [1.165, 1.54) is 0 Å². The minimum absolute atomic E-state index is 0.105. The van der Waals surface area contributed by atoms with Gasteiger partial charge in [0.1, 0.15) is 11.5 Å². The molecule has 0 aromatic heterocycles. The van der Waals surface area contributed by atoms with Crippen LogP contribution in [0.3, 0.4) is 0 Å². The standard InChI is InChI=1S/C19H22O4/c1-4-17(13-5-9-15(22-2)10-6-13)18(19(20)21)14-7-11-16(23-3)12-8-14/h5-12,17-18H,4H2,1-3H3,(H,20,21)/t17-,18+/m1/s1. The van der Waals surface area contributed by atoms with Crippen LogP contribution in [0.4, 0.5) is 0 Å². The summed E-state index contributed by atoms with van der Waals surface area (Å²) < 4.78 is 10.3. The van der Waals surface area contributed by atoms with Gasteiger partial charge in [-0.05, 0) is 41.8 Å². The van der Waals surface area contributed by atoms with E-state index in [0.29, 0.717) is 0 Å². The van der Waals surface area contributed by atoms with Gasteiger partial charge in [0.05, 0.1) is 20.1 Å². The van der Waals surface area contributed by atoms with Gasteiger partial charge in [-0.2, -0.15) is 0 Å². The van der Waals surface area contributed by atoms with E-state index in [1.807, 2.05) is 43.3 Å². The number of rotatable bonds is 7. The van der Waals surface area contributed by atoms with Gasteiger partial charge in [-0.1, -0.05) is 31.2 Å². The summed E-state index contributed by atoms with van der Waals surface area (Å²) in [6.45, 7) is 2.01. The molecule has 122 valence electrons. The second-order valence-corrected chi connectivity index (χ2v) is 5.38.